The van der Waals surface area contributed by atoms with Crippen LogP contribution in [0.2, 0.25) is 0 Å². The third kappa shape index (κ3) is 3.17. The molecule has 1 saturated heterocycles. The molecular formula is C11H19N3O5S. The number of carbonyl (C=O) groups is 1. The molecule has 114 valence electrons. The second-order valence-electron chi connectivity index (χ2n) is 4.45. The number of nitrogens with one attached hydrogen (secondary N) is 2. The average molecular weight is 305 g/mol. The number of thioether (sulfide) groups is 1. The topological polar surface area (TPSA) is 112 Å². The molecule has 0 aliphatic carbocycles. The Morgan fingerprint density at radius 2 is 2.25 bits per heavy atom. The van der Waals surface area contributed by atoms with Crippen LogP contribution in [0.1, 0.15) is 6.92 Å². The van der Waals surface area contributed by atoms with Gasteiger partial charge in [-0.05, 0) is 6.92 Å². The minimum Gasteiger partial charge on any atom is -0.447 e. The molecule has 0 unspecified atom stereocenters. The summed E-state index contributed by atoms with van der Waals surface area (Å²) >= 11 is 1.34. The molecule has 0 bridgehead atoms. The van der Waals surface area contributed by atoms with Crippen LogP contribution in [0, 0.1) is 0 Å². The van der Waals surface area contributed by atoms with Gasteiger partial charge in [0.15, 0.2) is 5.17 Å². The molecular weight excluding hydrogens is 286 g/mol. The zero-order valence-electron chi connectivity index (χ0n) is 11.3. The number of carbonyl (C=O) groups excluding carboxylic acids is 1. The van der Waals surface area contributed by atoms with Gasteiger partial charge >= 0.3 is 6.09 Å². The highest BCUT2D eigenvalue weighted by Gasteiger charge is 2.48. The monoisotopic (exact) mass is 305 g/mol. The first kappa shape index (κ1) is 15.4. The van der Waals surface area contributed by atoms with Gasteiger partial charge < -0.3 is 30.3 Å². The third-order valence-electron chi connectivity index (χ3n) is 3.08. The lowest BCUT2D eigenvalue weighted by molar-refractivity contribution is -0.164. The van der Waals surface area contributed by atoms with Crippen molar-refractivity contribution in [2.24, 2.45) is 4.99 Å². The predicted octanol–water partition coefficient (Wildman–Crippen LogP) is -1.13. The van der Waals surface area contributed by atoms with Crippen LogP contribution in [-0.2, 0) is 9.47 Å². The molecule has 2 aliphatic heterocycles. The van der Waals surface area contributed by atoms with Crippen molar-refractivity contribution in [1.82, 2.24) is 10.6 Å². The Morgan fingerprint density at radius 1 is 1.50 bits per heavy atom. The molecule has 0 aromatic carbocycles. The number of alkyl carbamates (subject to hydrolysis) is 1. The zero-order chi connectivity index (χ0) is 14.7. The van der Waals surface area contributed by atoms with Crippen molar-refractivity contribution < 1.29 is 24.5 Å². The lowest BCUT2D eigenvalue weighted by Crippen LogP contribution is -2.56. The fourth-order valence-corrected chi connectivity index (χ4v) is 3.12. The normalized spacial score (nSPS) is 36.0. The van der Waals surface area contributed by atoms with Gasteiger partial charge in [0.25, 0.3) is 0 Å². The van der Waals surface area contributed by atoms with Gasteiger partial charge in [-0.25, -0.2) is 4.79 Å². The Balaban J connectivity index is 1.92. The average Bonchev–Trinajstić information content (AvgIpc) is 2.85. The minimum absolute atomic E-state index is 0.122. The van der Waals surface area contributed by atoms with Crippen molar-refractivity contribution in [3.63, 3.8) is 0 Å². The maximum absolute atomic E-state index is 11.2. The molecule has 2 heterocycles. The Hall–Kier alpha value is -1.03. The van der Waals surface area contributed by atoms with E-state index in [0.29, 0.717) is 11.7 Å². The number of ether oxygens (including phenoxy) is 2. The summed E-state index contributed by atoms with van der Waals surface area (Å²) in [6.07, 6.45) is -3.54. The number of amides is 1. The molecule has 8 nitrogen and oxygen atoms in total. The Labute approximate surface area is 120 Å². The summed E-state index contributed by atoms with van der Waals surface area (Å²) in [7, 11) is 1.72. The van der Waals surface area contributed by atoms with E-state index in [1.807, 2.05) is 0 Å². The zero-order valence-corrected chi connectivity index (χ0v) is 12.1. The van der Waals surface area contributed by atoms with Crippen LogP contribution in [0.25, 0.3) is 0 Å². The van der Waals surface area contributed by atoms with Gasteiger partial charge in [-0.1, -0.05) is 11.8 Å². The predicted molar refractivity (Wildman–Crippen MR) is 73.6 cm³/mol. The molecule has 2 rings (SSSR count). The molecule has 0 saturated carbocycles. The fourth-order valence-electron chi connectivity index (χ4n) is 2.04. The van der Waals surface area contributed by atoms with E-state index in [4.69, 9.17) is 9.47 Å². The van der Waals surface area contributed by atoms with E-state index in [9.17, 15) is 15.0 Å². The number of aliphatic hydroxyl groups excluding tert-OH is 2. The van der Waals surface area contributed by atoms with E-state index in [1.54, 1.807) is 14.0 Å². The standard InChI is InChI=1S/C11H19N3O5S/c1-3-13-11(17)18-4-5-7(15)8(16)6-9(19-5)20-10(12-2)14-6/h5-9,15-16H,3-4H2,1-2H3,(H,12,14)(H,13,17)/t5-,6-,7-,8-,9-/m1/s1. The summed E-state index contributed by atoms with van der Waals surface area (Å²) in [5, 5.41) is 26.1. The van der Waals surface area contributed by atoms with E-state index in [0.717, 1.165) is 0 Å². The SMILES string of the molecule is CCNC(=O)OC[C@H]1O[C@@H]2SC(NC)=N[C@@H]2[C@@H](O)[C@@H]1O. The fraction of sp³-hybridized carbons (Fsp3) is 0.818. The van der Waals surface area contributed by atoms with Gasteiger partial charge in [0.1, 0.15) is 36.4 Å². The summed E-state index contributed by atoms with van der Waals surface area (Å²) in [6, 6.07) is -0.516. The van der Waals surface area contributed by atoms with Crippen molar-refractivity contribution in [2.45, 2.75) is 36.7 Å². The molecule has 0 aromatic heterocycles. The van der Waals surface area contributed by atoms with E-state index >= 15 is 0 Å². The highest BCUT2D eigenvalue weighted by molar-refractivity contribution is 8.14. The van der Waals surface area contributed by atoms with Crippen molar-refractivity contribution in [2.75, 3.05) is 20.2 Å². The van der Waals surface area contributed by atoms with Gasteiger partial charge in [-0.15, -0.1) is 0 Å². The van der Waals surface area contributed by atoms with E-state index in [1.165, 1.54) is 11.8 Å². The van der Waals surface area contributed by atoms with Crippen LogP contribution in [0.4, 0.5) is 4.79 Å². The molecule has 0 spiro atoms. The van der Waals surface area contributed by atoms with Crippen LogP contribution in [0.5, 0.6) is 0 Å². The molecule has 9 heteroatoms. The van der Waals surface area contributed by atoms with Crippen molar-refractivity contribution in [3.8, 4) is 0 Å². The Bertz CT molecular complexity index is 394. The van der Waals surface area contributed by atoms with Crippen LogP contribution in [0.15, 0.2) is 4.99 Å². The largest absolute Gasteiger partial charge is 0.447 e. The molecule has 1 fully saturated rings. The Morgan fingerprint density at radius 3 is 2.90 bits per heavy atom. The van der Waals surface area contributed by atoms with Crippen molar-refractivity contribution in [1.29, 1.82) is 0 Å². The first-order chi connectivity index (χ1) is 9.56. The van der Waals surface area contributed by atoms with Crippen LogP contribution < -0.4 is 10.6 Å². The van der Waals surface area contributed by atoms with Gasteiger partial charge in [0, 0.05) is 13.6 Å². The molecule has 0 aromatic rings. The number of rotatable bonds is 3. The van der Waals surface area contributed by atoms with E-state index < -0.39 is 35.9 Å². The molecule has 5 atom stereocenters. The molecule has 0 radical (unpaired) electrons. The van der Waals surface area contributed by atoms with Crippen molar-refractivity contribution >= 4 is 23.0 Å². The second-order valence-corrected chi connectivity index (χ2v) is 5.53. The second kappa shape index (κ2) is 6.61. The maximum atomic E-state index is 11.2. The van der Waals surface area contributed by atoms with Gasteiger partial charge in [-0.2, -0.15) is 0 Å². The maximum Gasteiger partial charge on any atom is 0.407 e. The van der Waals surface area contributed by atoms with Gasteiger partial charge in [0.05, 0.1) is 0 Å². The summed E-state index contributed by atoms with van der Waals surface area (Å²) in [5.74, 6) is 0. The first-order valence-electron chi connectivity index (χ1n) is 6.41. The summed E-state index contributed by atoms with van der Waals surface area (Å²) in [5.41, 5.74) is -0.390. The van der Waals surface area contributed by atoms with E-state index in [-0.39, 0.29) is 6.61 Å². The minimum atomic E-state index is -1.15. The third-order valence-corrected chi connectivity index (χ3v) is 4.23. The van der Waals surface area contributed by atoms with Crippen LogP contribution in [-0.4, -0.2) is 71.5 Å². The summed E-state index contributed by atoms with van der Waals surface area (Å²) < 4.78 is 10.6. The molecule has 2 aliphatic rings. The highest BCUT2D eigenvalue weighted by Crippen LogP contribution is 2.35. The molecule has 20 heavy (non-hydrogen) atoms. The Kier molecular flexibility index (Phi) is 5.08. The number of fused-ring (bicyclic) bond motifs is 1. The number of hydrogen-bond acceptors (Lipinski definition) is 8. The summed E-state index contributed by atoms with van der Waals surface area (Å²) in [4.78, 5) is 15.5. The smallest absolute Gasteiger partial charge is 0.407 e. The van der Waals surface area contributed by atoms with Gasteiger partial charge in [-0.3, -0.25) is 4.99 Å². The summed E-state index contributed by atoms with van der Waals surface area (Å²) in [6.45, 7) is 2.10. The van der Waals surface area contributed by atoms with Gasteiger partial charge in [0.2, 0.25) is 0 Å². The quantitative estimate of drug-likeness (QED) is 0.522. The van der Waals surface area contributed by atoms with Crippen LogP contribution in [0.3, 0.4) is 0 Å². The number of aliphatic hydroxyl groups is 2. The number of aliphatic imine (C=N–C) groups is 1. The number of amidine groups is 1. The highest BCUT2D eigenvalue weighted by atomic mass is 32.2. The number of nitrogens with zero attached hydrogens (tertiary/aromatic N) is 1. The van der Waals surface area contributed by atoms with Crippen molar-refractivity contribution in [3.05, 3.63) is 0 Å². The first-order valence-corrected chi connectivity index (χ1v) is 7.29. The lowest BCUT2D eigenvalue weighted by atomic mass is 9.99. The number of hydrogen-bond donors (Lipinski definition) is 4. The lowest BCUT2D eigenvalue weighted by Gasteiger charge is -2.37. The molecule has 1 amide bonds. The molecule has 4 N–H and O–H groups in total. The van der Waals surface area contributed by atoms with Crippen LogP contribution >= 0.6 is 11.8 Å². The van der Waals surface area contributed by atoms with E-state index in [2.05, 4.69) is 15.6 Å².